The van der Waals surface area contributed by atoms with E-state index in [1.165, 1.54) is 0 Å². The molecule has 30 heavy (non-hydrogen) atoms. The Hall–Kier alpha value is -1.86. The molecule has 6 heteroatoms. The van der Waals surface area contributed by atoms with Gasteiger partial charge in [0.15, 0.2) is 0 Å². The Morgan fingerprint density at radius 1 is 0.700 bits per heavy atom. The van der Waals surface area contributed by atoms with Gasteiger partial charge in [0.1, 0.15) is 11.5 Å². The van der Waals surface area contributed by atoms with Crippen LogP contribution in [-0.2, 0) is 0 Å². The first-order chi connectivity index (χ1) is 14.7. The molecule has 2 N–H and O–H groups in total. The third kappa shape index (κ3) is 8.88. The molecule has 0 amide bonds. The Balaban J connectivity index is 1.74. The minimum Gasteiger partial charge on any atom is -0.497 e. The summed E-state index contributed by atoms with van der Waals surface area (Å²) in [5.74, 6) is 3.20. The van der Waals surface area contributed by atoms with Gasteiger partial charge in [-0.25, -0.2) is 0 Å². The molecule has 2 aromatic rings. The molecule has 0 aromatic heterocycles. The normalized spacial score (nSPS) is 13.6. The van der Waals surface area contributed by atoms with Crippen LogP contribution in [0.4, 0.5) is 0 Å². The van der Waals surface area contributed by atoms with E-state index in [0.717, 1.165) is 47.2 Å². The zero-order chi connectivity index (χ0) is 21.6. The van der Waals surface area contributed by atoms with Gasteiger partial charge in [0.2, 0.25) is 0 Å². The minimum atomic E-state index is 0.210. The lowest BCUT2D eigenvalue weighted by molar-refractivity contribution is 0.414. The lowest BCUT2D eigenvalue weighted by Crippen LogP contribution is -2.38. The molecule has 0 saturated carbocycles. The second-order valence-corrected chi connectivity index (χ2v) is 7.48. The third-order valence-corrected chi connectivity index (χ3v) is 5.39. The van der Waals surface area contributed by atoms with Crippen LogP contribution in [0.1, 0.15) is 11.1 Å². The lowest BCUT2D eigenvalue weighted by Gasteiger charge is -2.16. The molecule has 0 fully saturated rings. The van der Waals surface area contributed by atoms with E-state index >= 15 is 0 Å². The minimum absolute atomic E-state index is 0.210. The molecule has 0 spiro atoms. The van der Waals surface area contributed by atoms with Gasteiger partial charge in [0, 0.05) is 36.7 Å². The van der Waals surface area contributed by atoms with Crippen molar-refractivity contribution in [2.24, 2.45) is 0 Å². The fraction of sp³-hybridized carbons (Fsp3) is 0.333. The second kappa shape index (κ2) is 14.2. The molecule has 0 aliphatic heterocycles. The predicted molar refractivity (Wildman–Crippen MR) is 135 cm³/mol. The van der Waals surface area contributed by atoms with E-state index in [1.54, 1.807) is 14.2 Å². The highest BCUT2D eigenvalue weighted by atomic mass is 32.1. The highest BCUT2D eigenvalue weighted by molar-refractivity contribution is 7.80. The molecular formula is C24H32N2O2S2. The first kappa shape index (κ1) is 24.4. The zero-order valence-corrected chi connectivity index (χ0v) is 19.4. The molecule has 4 nitrogen and oxygen atoms in total. The summed E-state index contributed by atoms with van der Waals surface area (Å²) in [6, 6.07) is 16.4. The van der Waals surface area contributed by atoms with E-state index < -0.39 is 0 Å². The van der Waals surface area contributed by atoms with Gasteiger partial charge in [0.05, 0.1) is 14.2 Å². The molecule has 0 saturated heterocycles. The van der Waals surface area contributed by atoms with Crippen molar-refractivity contribution in [2.45, 2.75) is 12.1 Å². The first-order valence-corrected chi connectivity index (χ1v) is 11.3. The largest absolute Gasteiger partial charge is 0.497 e. The number of hydrogen-bond acceptors (Lipinski definition) is 6. The Labute approximate surface area is 191 Å². The van der Waals surface area contributed by atoms with Gasteiger partial charge >= 0.3 is 0 Å². The van der Waals surface area contributed by atoms with Crippen molar-refractivity contribution in [3.63, 3.8) is 0 Å². The standard InChI is InChI=1S/C24H32N2O2S2/c1-27-23-11-5-19(6-12-23)3-9-21(17-29)25-15-16-26-22(18-30)10-4-20-7-13-24(28-2)14-8-20/h3-14,21-22,25-26,29-30H,15-18H2,1-2H3. The van der Waals surface area contributed by atoms with Crippen molar-refractivity contribution in [3.05, 3.63) is 71.8 Å². The molecule has 2 unspecified atom stereocenters. The van der Waals surface area contributed by atoms with Gasteiger partial charge in [-0.1, -0.05) is 48.6 Å². The third-order valence-electron chi connectivity index (χ3n) is 4.61. The van der Waals surface area contributed by atoms with E-state index in [9.17, 15) is 0 Å². The van der Waals surface area contributed by atoms with Crippen LogP contribution in [0, 0.1) is 0 Å². The van der Waals surface area contributed by atoms with Crippen LogP contribution < -0.4 is 20.1 Å². The van der Waals surface area contributed by atoms with Gasteiger partial charge in [-0.15, -0.1) is 0 Å². The van der Waals surface area contributed by atoms with E-state index in [1.807, 2.05) is 48.5 Å². The molecular weight excluding hydrogens is 412 g/mol. The van der Waals surface area contributed by atoms with Gasteiger partial charge in [-0.2, -0.15) is 25.3 Å². The molecule has 162 valence electrons. The molecule has 0 heterocycles. The van der Waals surface area contributed by atoms with Crippen molar-refractivity contribution in [2.75, 3.05) is 38.8 Å². The Morgan fingerprint density at radius 2 is 1.07 bits per heavy atom. The molecule has 0 aliphatic rings. The molecule has 0 aliphatic carbocycles. The quantitative estimate of drug-likeness (QED) is 0.276. The van der Waals surface area contributed by atoms with Gasteiger partial charge in [-0.3, -0.25) is 0 Å². The maximum absolute atomic E-state index is 5.19. The summed E-state index contributed by atoms with van der Waals surface area (Å²) in [5, 5.41) is 7.03. The molecule has 2 aromatic carbocycles. The number of thiol groups is 2. The number of hydrogen-bond donors (Lipinski definition) is 4. The number of benzene rings is 2. The molecule has 0 radical (unpaired) electrons. The van der Waals surface area contributed by atoms with Gasteiger partial charge in [0.25, 0.3) is 0 Å². The van der Waals surface area contributed by atoms with Crippen molar-refractivity contribution in [1.29, 1.82) is 0 Å². The first-order valence-electron chi connectivity index (χ1n) is 10.0. The predicted octanol–water partition coefficient (Wildman–Crippen LogP) is 4.21. The highest BCUT2D eigenvalue weighted by Crippen LogP contribution is 2.13. The highest BCUT2D eigenvalue weighted by Gasteiger charge is 2.04. The Bertz CT molecular complexity index is 709. The van der Waals surface area contributed by atoms with E-state index in [-0.39, 0.29) is 12.1 Å². The summed E-state index contributed by atoms with van der Waals surface area (Å²) in [6.45, 7) is 1.69. The van der Waals surface area contributed by atoms with Gasteiger partial charge < -0.3 is 20.1 Å². The Morgan fingerprint density at radius 3 is 1.37 bits per heavy atom. The molecule has 2 atom stereocenters. The number of ether oxygens (including phenoxy) is 2. The van der Waals surface area contributed by atoms with Crippen molar-refractivity contribution >= 4 is 37.4 Å². The second-order valence-electron chi connectivity index (χ2n) is 6.75. The average molecular weight is 445 g/mol. The summed E-state index contributed by atoms with van der Waals surface area (Å²) >= 11 is 8.91. The van der Waals surface area contributed by atoms with Gasteiger partial charge in [-0.05, 0) is 35.4 Å². The SMILES string of the molecule is COc1ccc(C=CC(CS)NCCNC(C=Cc2ccc(OC)cc2)CS)cc1. The van der Waals surface area contributed by atoms with Crippen LogP contribution in [0.5, 0.6) is 11.5 Å². The van der Waals surface area contributed by atoms with Crippen LogP contribution in [0.25, 0.3) is 12.2 Å². The van der Waals surface area contributed by atoms with Crippen LogP contribution in [0.3, 0.4) is 0 Å². The van der Waals surface area contributed by atoms with Crippen molar-refractivity contribution in [1.82, 2.24) is 10.6 Å². The zero-order valence-electron chi connectivity index (χ0n) is 17.6. The van der Waals surface area contributed by atoms with E-state index in [4.69, 9.17) is 9.47 Å². The number of rotatable bonds is 13. The van der Waals surface area contributed by atoms with Crippen LogP contribution in [0.15, 0.2) is 60.7 Å². The summed E-state index contributed by atoms with van der Waals surface area (Å²) < 4.78 is 10.4. The summed E-state index contributed by atoms with van der Waals surface area (Å²) in [7, 11) is 3.35. The fourth-order valence-electron chi connectivity index (χ4n) is 2.79. The Kier molecular flexibility index (Phi) is 11.6. The molecule has 2 rings (SSSR count). The van der Waals surface area contributed by atoms with Crippen LogP contribution in [0.2, 0.25) is 0 Å². The van der Waals surface area contributed by atoms with Crippen LogP contribution >= 0.6 is 25.3 Å². The summed E-state index contributed by atoms with van der Waals surface area (Å²) in [6.07, 6.45) is 8.51. The maximum Gasteiger partial charge on any atom is 0.118 e. The molecule has 0 bridgehead atoms. The van der Waals surface area contributed by atoms with E-state index in [2.05, 4.69) is 60.2 Å². The summed E-state index contributed by atoms with van der Waals surface area (Å²) in [5.41, 5.74) is 2.28. The van der Waals surface area contributed by atoms with Crippen molar-refractivity contribution < 1.29 is 9.47 Å². The fourth-order valence-corrected chi connectivity index (χ4v) is 3.29. The van der Waals surface area contributed by atoms with Crippen molar-refractivity contribution in [3.8, 4) is 11.5 Å². The monoisotopic (exact) mass is 444 g/mol. The van der Waals surface area contributed by atoms with Crippen LogP contribution in [-0.4, -0.2) is 50.9 Å². The lowest BCUT2D eigenvalue weighted by atomic mass is 10.1. The number of methoxy groups -OCH3 is 2. The average Bonchev–Trinajstić information content (AvgIpc) is 2.81. The van der Waals surface area contributed by atoms with E-state index in [0.29, 0.717) is 0 Å². The topological polar surface area (TPSA) is 42.5 Å². The number of nitrogens with one attached hydrogen (secondary N) is 2. The smallest absolute Gasteiger partial charge is 0.118 e. The maximum atomic E-state index is 5.19. The summed E-state index contributed by atoms with van der Waals surface area (Å²) in [4.78, 5) is 0.